The van der Waals surface area contributed by atoms with Crippen LogP contribution in [0.25, 0.3) is 0 Å². The van der Waals surface area contributed by atoms with Crippen LogP contribution in [0.15, 0.2) is 18.2 Å². The van der Waals surface area contributed by atoms with Gasteiger partial charge in [0.05, 0.1) is 16.8 Å². The maximum atomic E-state index is 11.5. The standard InChI is InChI=1S/C10H12INO4/c1-15-4-5-16-12-10(14)7-2-3-8(11)9(13)6-7/h2-3,6,13H,4-5H2,1H3,(H,12,14). The zero-order valence-electron chi connectivity index (χ0n) is 8.70. The molecule has 0 spiro atoms. The Morgan fingerprint density at radius 2 is 2.25 bits per heavy atom. The maximum Gasteiger partial charge on any atom is 0.274 e. The average Bonchev–Trinajstić information content (AvgIpc) is 2.28. The molecule has 0 bridgehead atoms. The van der Waals surface area contributed by atoms with E-state index in [1.807, 2.05) is 22.6 Å². The van der Waals surface area contributed by atoms with E-state index >= 15 is 0 Å². The van der Waals surface area contributed by atoms with E-state index in [4.69, 9.17) is 9.57 Å². The highest BCUT2D eigenvalue weighted by molar-refractivity contribution is 14.1. The maximum absolute atomic E-state index is 11.5. The second kappa shape index (κ2) is 6.66. The van der Waals surface area contributed by atoms with Gasteiger partial charge in [-0.05, 0) is 40.8 Å². The number of benzene rings is 1. The molecular formula is C10H12INO4. The number of rotatable bonds is 5. The van der Waals surface area contributed by atoms with Gasteiger partial charge in [0.25, 0.3) is 5.91 Å². The van der Waals surface area contributed by atoms with Gasteiger partial charge < -0.3 is 9.84 Å². The van der Waals surface area contributed by atoms with Crippen molar-refractivity contribution in [1.29, 1.82) is 0 Å². The van der Waals surface area contributed by atoms with E-state index in [2.05, 4.69) is 5.48 Å². The van der Waals surface area contributed by atoms with Crippen LogP contribution in [0.1, 0.15) is 10.4 Å². The van der Waals surface area contributed by atoms with E-state index in [1.54, 1.807) is 19.2 Å². The Bertz CT molecular complexity index is 370. The van der Waals surface area contributed by atoms with Crippen molar-refractivity contribution in [3.8, 4) is 5.75 Å². The number of phenols is 1. The Labute approximate surface area is 107 Å². The number of carbonyl (C=O) groups excluding carboxylic acids is 1. The summed E-state index contributed by atoms with van der Waals surface area (Å²) >= 11 is 1.97. The predicted molar refractivity (Wildman–Crippen MR) is 66.1 cm³/mol. The number of carbonyl (C=O) groups is 1. The number of methoxy groups -OCH3 is 1. The molecule has 0 radical (unpaired) electrons. The molecule has 1 rings (SSSR count). The van der Waals surface area contributed by atoms with Crippen LogP contribution in [0.2, 0.25) is 0 Å². The Balaban J connectivity index is 2.50. The van der Waals surface area contributed by atoms with Gasteiger partial charge in [0, 0.05) is 12.7 Å². The summed E-state index contributed by atoms with van der Waals surface area (Å²) in [6.07, 6.45) is 0. The van der Waals surface area contributed by atoms with Gasteiger partial charge in [0.1, 0.15) is 5.75 Å². The van der Waals surface area contributed by atoms with Crippen LogP contribution < -0.4 is 5.48 Å². The first-order valence-corrected chi connectivity index (χ1v) is 5.62. The number of hydroxylamine groups is 1. The highest BCUT2D eigenvalue weighted by atomic mass is 127. The molecule has 1 amide bonds. The number of aromatic hydroxyl groups is 1. The topological polar surface area (TPSA) is 67.8 Å². The van der Waals surface area contributed by atoms with Gasteiger partial charge in [-0.1, -0.05) is 0 Å². The van der Waals surface area contributed by atoms with Crippen molar-refractivity contribution in [2.75, 3.05) is 20.3 Å². The van der Waals surface area contributed by atoms with Crippen molar-refractivity contribution in [3.05, 3.63) is 27.3 Å². The molecule has 88 valence electrons. The lowest BCUT2D eigenvalue weighted by atomic mass is 10.2. The van der Waals surface area contributed by atoms with Crippen LogP contribution in [0.4, 0.5) is 0 Å². The molecule has 0 aliphatic heterocycles. The Kier molecular flexibility index (Phi) is 5.50. The van der Waals surface area contributed by atoms with Gasteiger partial charge in [0.2, 0.25) is 0 Å². The fourth-order valence-corrected chi connectivity index (χ4v) is 1.29. The minimum atomic E-state index is -0.400. The molecule has 0 heterocycles. The molecule has 0 saturated heterocycles. The monoisotopic (exact) mass is 337 g/mol. The lowest BCUT2D eigenvalue weighted by Crippen LogP contribution is -2.25. The molecule has 0 unspecified atom stereocenters. The Hall–Kier alpha value is -0.860. The molecule has 1 aromatic rings. The zero-order valence-corrected chi connectivity index (χ0v) is 10.9. The quantitative estimate of drug-likeness (QED) is 0.483. The summed E-state index contributed by atoms with van der Waals surface area (Å²) in [7, 11) is 1.54. The fourth-order valence-electron chi connectivity index (χ4n) is 0.954. The number of phenolic OH excluding ortho intramolecular Hbond substituents is 1. The largest absolute Gasteiger partial charge is 0.507 e. The van der Waals surface area contributed by atoms with Crippen molar-refractivity contribution in [2.45, 2.75) is 0 Å². The minimum Gasteiger partial charge on any atom is -0.507 e. The zero-order chi connectivity index (χ0) is 12.0. The first kappa shape index (κ1) is 13.2. The molecule has 16 heavy (non-hydrogen) atoms. The van der Waals surface area contributed by atoms with Crippen LogP contribution in [0.3, 0.4) is 0 Å². The summed E-state index contributed by atoms with van der Waals surface area (Å²) in [5, 5.41) is 9.41. The van der Waals surface area contributed by atoms with Crippen molar-refractivity contribution in [2.24, 2.45) is 0 Å². The summed E-state index contributed by atoms with van der Waals surface area (Å²) in [5.41, 5.74) is 2.59. The second-order valence-corrected chi connectivity index (χ2v) is 4.10. The Morgan fingerprint density at radius 1 is 1.50 bits per heavy atom. The van der Waals surface area contributed by atoms with E-state index in [0.29, 0.717) is 15.7 Å². The molecular weight excluding hydrogens is 325 g/mol. The number of amides is 1. The predicted octanol–water partition coefficient (Wildman–Crippen LogP) is 1.30. The van der Waals surface area contributed by atoms with E-state index in [0.717, 1.165) is 0 Å². The lowest BCUT2D eigenvalue weighted by Gasteiger charge is -2.06. The normalized spacial score (nSPS) is 10.1. The van der Waals surface area contributed by atoms with Gasteiger partial charge in [0.15, 0.2) is 0 Å². The van der Waals surface area contributed by atoms with Gasteiger partial charge in [-0.2, -0.15) is 0 Å². The van der Waals surface area contributed by atoms with Gasteiger partial charge >= 0.3 is 0 Å². The number of hydrogen-bond donors (Lipinski definition) is 2. The van der Waals surface area contributed by atoms with E-state index < -0.39 is 5.91 Å². The average molecular weight is 337 g/mol. The van der Waals surface area contributed by atoms with Crippen LogP contribution >= 0.6 is 22.6 Å². The third kappa shape index (κ3) is 3.95. The van der Waals surface area contributed by atoms with Crippen molar-refractivity contribution in [1.82, 2.24) is 5.48 Å². The highest BCUT2D eigenvalue weighted by Crippen LogP contribution is 2.20. The van der Waals surface area contributed by atoms with E-state index in [-0.39, 0.29) is 12.4 Å². The highest BCUT2D eigenvalue weighted by Gasteiger charge is 2.07. The molecule has 0 atom stereocenters. The van der Waals surface area contributed by atoms with Gasteiger partial charge in [-0.3, -0.25) is 9.63 Å². The van der Waals surface area contributed by atoms with Crippen LogP contribution in [0, 0.1) is 3.57 Å². The summed E-state index contributed by atoms with van der Waals surface area (Å²) < 4.78 is 5.44. The summed E-state index contributed by atoms with van der Waals surface area (Å²) in [4.78, 5) is 16.3. The Morgan fingerprint density at radius 3 is 2.88 bits per heavy atom. The van der Waals surface area contributed by atoms with Crippen LogP contribution in [0.5, 0.6) is 5.75 Å². The van der Waals surface area contributed by atoms with Crippen molar-refractivity contribution < 1.29 is 19.5 Å². The van der Waals surface area contributed by atoms with E-state index in [9.17, 15) is 9.90 Å². The first-order valence-electron chi connectivity index (χ1n) is 4.54. The van der Waals surface area contributed by atoms with Crippen molar-refractivity contribution >= 4 is 28.5 Å². The van der Waals surface area contributed by atoms with Crippen LogP contribution in [-0.4, -0.2) is 31.3 Å². The fraction of sp³-hybridized carbons (Fsp3) is 0.300. The summed E-state index contributed by atoms with van der Waals surface area (Å²) in [6, 6.07) is 4.65. The molecule has 0 fully saturated rings. The minimum absolute atomic E-state index is 0.0742. The van der Waals surface area contributed by atoms with Crippen molar-refractivity contribution in [3.63, 3.8) is 0 Å². The second-order valence-electron chi connectivity index (χ2n) is 2.94. The molecule has 2 N–H and O–H groups in total. The number of ether oxygens (including phenoxy) is 1. The molecule has 0 saturated carbocycles. The third-order valence-electron chi connectivity index (χ3n) is 1.76. The third-order valence-corrected chi connectivity index (χ3v) is 2.67. The van der Waals surface area contributed by atoms with Gasteiger partial charge in [-0.15, -0.1) is 0 Å². The van der Waals surface area contributed by atoms with Gasteiger partial charge in [-0.25, -0.2) is 5.48 Å². The van der Waals surface area contributed by atoms with Crippen LogP contribution in [-0.2, 0) is 9.57 Å². The van der Waals surface area contributed by atoms with E-state index in [1.165, 1.54) is 6.07 Å². The molecule has 0 aromatic heterocycles. The number of hydrogen-bond acceptors (Lipinski definition) is 4. The smallest absolute Gasteiger partial charge is 0.274 e. The molecule has 0 aliphatic rings. The lowest BCUT2D eigenvalue weighted by molar-refractivity contribution is 0.00887. The molecule has 6 heteroatoms. The summed E-state index contributed by atoms with van der Waals surface area (Å²) in [5.74, 6) is -0.326. The molecule has 1 aromatic carbocycles. The number of halogens is 1. The SMILES string of the molecule is COCCONC(=O)c1ccc(I)c(O)c1. The molecule has 0 aliphatic carbocycles. The molecule has 5 nitrogen and oxygen atoms in total. The summed E-state index contributed by atoms with van der Waals surface area (Å²) in [6.45, 7) is 0.677. The number of nitrogens with one attached hydrogen (secondary N) is 1. The first-order chi connectivity index (χ1) is 7.65.